The maximum atomic E-state index is 12.5. The first-order valence-corrected chi connectivity index (χ1v) is 15.7. The van der Waals surface area contributed by atoms with Crippen molar-refractivity contribution in [2.24, 2.45) is 0 Å². The highest BCUT2D eigenvalue weighted by molar-refractivity contribution is 8.07. The molecule has 4 N–H and O–H groups in total. The summed E-state index contributed by atoms with van der Waals surface area (Å²) in [6.07, 6.45) is -1.29. The van der Waals surface area contributed by atoms with Gasteiger partial charge in [0.1, 0.15) is 36.0 Å². The number of aromatic amines is 1. The number of methoxy groups -OCH3 is 2. The fraction of sp³-hybridized carbons (Fsp3) is 0.538. The van der Waals surface area contributed by atoms with E-state index in [1.54, 1.807) is 13.8 Å². The fourth-order valence-corrected chi connectivity index (χ4v) is 6.25. The van der Waals surface area contributed by atoms with Gasteiger partial charge in [-0.3, -0.25) is 18.9 Å². The molecule has 0 amide bonds. The number of hydrogen-bond acceptors (Lipinski definition) is 12. The van der Waals surface area contributed by atoms with E-state index in [0.29, 0.717) is 5.56 Å². The Morgan fingerprint density at radius 1 is 1.05 bits per heavy atom. The fourth-order valence-electron chi connectivity index (χ4n) is 4.78. The molecule has 1 unspecified atom stereocenters. The Kier molecular flexibility index (Phi) is 10.7. The molecule has 7 atom stereocenters. The van der Waals surface area contributed by atoms with Gasteiger partial charge in [0.15, 0.2) is 0 Å². The minimum atomic E-state index is -3.90. The summed E-state index contributed by atoms with van der Waals surface area (Å²) in [6.45, 7) is -0.857. The number of nitrogens with zero attached hydrogens (tertiary/aromatic N) is 3. The molecule has 15 nitrogen and oxygen atoms in total. The van der Waals surface area contributed by atoms with Crippen molar-refractivity contribution in [2.45, 2.75) is 63.6 Å². The van der Waals surface area contributed by atoms with Gasteiger partial charge in [0.05, 0.1) is 31.0 Å². The van der Waals surface area contributed by atoms with Gasteiger partial charge in [0.25, 0.3) is 5.56 Å². The third-order valence-electron chi connectivity index (χ3n) is 6.75. The molecule has 2 aliphatic rings. The van der Waals surface area contributed by atoms with E-state index in [0.717, 1.165) is 0 Å². The second-order valence-electron chi connectivity index (χ2n) is 9.56. The largest absolute Gasteiger partial charge is 0.382 e. The Morgan fingerprint density at radius 2 is 1.65 bits per heavy atom. The summed E-state index contributed by atoms with van der Waals surface area (Å²) >= 11 is 5.29. The van der Waals surface area contributed by atoms with Crippen LogP contribution in [0.1, 0.15) is 50.3 Å². The molecule has 0 radical (unpaired) electrons. The number of hydrogen-bond donors (Lipinski definition) is 3. The Morgan fingerprint density at radius 3 is 2.30 bits per heavy atom. The second-order valence-corrected chi connectivity index (χ2v) is 12.3. The first-order valence-electron chi connectivity index (χ1n) is 13.1. The molecule has 232 valence electrons. The highest BCUT2D eigenvalue weighted by Gasteiger charge is 2.42. The van der Waals surface area contributed by atoms with Gasteiger partial charge in [0.2, 0.25) is 0 Å². The molecule has 2 aromatic rings. The van der Waals surface area contributed by atoms with E-state index in [2.05, 4.69) is 33.6 Å². The van der Waals surface area contributed by atoms with Crippen molar-refractivity contribution in [3.63, 3.8) is 0 Å². The molecule has 2 fully saturated rings. The van der Waals surface area contributed by atoms with Crippen LogP contribution >= 0.6 is 6.72 Å². The van der Waals surface area contributed by atoms with Gasteiger partial charge in [-0.1, -0.05) is 11.8 Å². The molecule has 2 saturated heterocycles. The standard InChI is InChI=1S/C26H32N5O10PS/c1-5-7-15-11-30(25(33)28-23(15)27)21-9-17(37-4)20(40-21)14-38-42(35,43)41-18-10-22(39-19(18)13-36-3)31-12-16(8-6-2)24(32)29-26(31)34/h11-12,17-22H,9-10,13-14H2,1-4H3,(H,35,43)(H2,27,28,33)(H,29,32,34)/t17-,18-,19+,20+,21+,22+,42?/m0/s1. The summed E-state index contributed by atoms with van der Waals surface area (Å²) in [7, 11) is 2.94. The quantitative estimate of drug-likeness (QED) is 0.233. The average Bonchev–Trinajstić information content (AvgIpc) is 3.54. The summed E-state index contributed by atoms with van der Waals surface area (Å²) in [4.78, 5) is 54.1. The number of anilines is 1. The number of rotatable bonds is 10. The topological polar surface area (TPSA) is 191 Å². The van der Waals surface area contributed by atoms with Crippen LogP contribution in [0.4, 0.5) is 5.82 Å². The number of nitrogen functional groups attached to an aromatic ring is 1. The molecule has 0 aromatic carbocycles. The number of ether oxygens (including phenoxy) is 4. The van der Waals surface area contributed by atoms with Gasteiger partial charge in [-0.15, -0.1) is 11.8 Å². The molecule has 0 bridgehead atoms. The summed E-state index contributed by atoms with van der Waals surface area (Å²) in [5, 5.41) is 0. The van der Waals surface area contributed by atoms with Crippen LogP contribution < -0.4 is 22.7 Å². The van der Waals surface area contributed by atoms with E-state index in [1.807, 2.05) is 0 Å². The monoisotopic (exact) mass is 637 g/mol. The van der Waals surface area contributed by atoms with Crippen LogP contribution in [0.25, 0.3) is 0 Å². The van der Waals surface area contributed by atoms with Crippen molar-refractivity contribution in [2.75, 3.05) is 33.2 Å². The number of H-pyrrole nitrogens is 1. The first kappa shape index (κ1) is 32.8. The molecule has 43 heavy (non-hydrogen) atoms. The second kappa shape index (κ2) is 14.1. The lowest BCUT2D eigenvalue weighted by Gasteiger charge is -2.25. The summed E-state index contributed by atoms with van der Waals surface area (Å²) in [5.41, 5.74) is 4.33. The highest BCUT2D eigenvalue weighted by Crippen LogP contribution is 2.49. The van der Waals surface area contributed by atoms with Gasteiger partial charge >= 0.3 is 18.1 Å². The molecule has 2 aromatic heterocycles. The van der Waals surface area contributed by atoms with Crippen molar-refractivity contribution < 1.29 is 32.9 Å². The summed E-state index contributed by atoms with van der Waals surface area (Å²) in [5.74, 6) is 10.8. The number of nitrogens with two attached hydrogens (primary N) is 1. The van der Waals surface area contributed by atoms with Gasteiger partial charge in [-0.25, -0.2) is 9.59 Å². The normalized spacial score (nSPS) is 26.3. The van der Waals surface area contributed by atoms with Gasteiger partial charge in [0, 0.05) is 39.5 Å². The smallest absolute Gasteiger partial charge is 0.351 e. The lowest BCUT2D eigenvalue weighted by molar-refractivity contribution is -0.0608. The summed E-state index contributed by atoms with van der Waals surface area (Å²) < 4.78 is 36.7. The molecule has 4 rings (SSSR count). The van der Waals surface area contributed by atoms with Crippen molar-refractivity contribution in [3.8, 4) is 23.7 Å². The third-order valence-corrected chi connectivity index (χ3v) is 8.34. The minimum Gasteiger partial charge on any atom is -0.382 e. The number of nitrogens with one attached hydrogen (secondary N) is 1. The molecule has 4 heterocycles. The number of aromatic nitrogens is 4. The molecule has 0 spiro atoms. The zero-order valence-electron chi connectivity index (χ0n) is 23.8. The summed E-state index contributed by atoms with van der Waals surface area (Å²) in [6, 6.07) is 0. The minimum absolute atomic E-state index is 0.0142. The van der Waals surface area contributed by atoms with Crippen LogP contribution in [-0.2, 0) is 39.8 Å². The lowest BCUT2D eigenvalue weighted by Crippen LogP contribution is -2.33. The van der Waals surface area contributed by atoms with Crippen molar-refractivity contribution in [3.05, 3.63) is 54.8 Å². The molecule has 0 aliphatic carbocycles. The Bertz CT molecular complexity index is 1690. The van der Waals surface area contributed by atoms with Gasteiger partial charge in [-0.2, -0.15) is 4.98 Å². The van der Waals surface area contributed by atoms with E-state index in [4.69, 9.17) is 45.5 Å². The van der Waals surface area contributed by atoms with E-state index in [-0.39, 0.29) is 37.4 Å². The van der Waals surface area contributed by atoms with Crippen molar-refractivity contribution in [1.82, 2.24) is 19.1 Å². The van der Waals surface area contributed by atoms with Crippen LogP contribution in [0, 0.1) is 23.7 Å². The Labute approximate surface area is 251 Å². The maximum absolute atomic E-state index is 12.5. The van der Waals surface area contributed by atoms with E-state index >= 15 is 0 Å². The first-order chi connectivity index (χ1) is 20.5. The Balaban J connectivity index is 1.45. The van der Waals surface area contributed by atoms with Crippen LogP contribution in [0.3, 0.4) is 0 Å². The molecule has 0 saturated carbocycles. The molecule has 17 heteroatoms. The van der Waals surface area contributed by atoms with E-state index < -0.39 is 60.5 Å². The van der Waals surface area contributed by atoms with Crippen LogP contribution in [0.2, 0.25) is 0 Å². The van der Waals surface area contributed by atoms with Crippen LogP contribution in [-0.4, -0.2) is 75.8 Å². The predicted molar refractivity (Wildman–Crippen MR) is 156 cm³/mol. The molecular formula is C26H32N5O10PS. The zero-order chi connectivity index (χ0) is 31.3. The Hall–Kier alpha value is -3.15. The molecule has 2 aliphatic heterocycles. The SMILES string of the molecule is CC#Cc1cn([C@H]2C[C@H](OC)[C@@H](COP(O)(=S)O[C@H]3C[C@H](n4cc(C#CC)c(=O)[nH]c4=O)O[C@@H]3COC)O2)c(=O)nc1N. The third kappa shape index (κ3) is 7.69. The molecular weight excluding hydrogens is 605 g/mol. The lowest BCUT2D eigenvalue weighted by atomic mass is 10.2. The average molecular weight is 638 g/mol. The van der Waals surface area contributed by atoms with E-state index in [9.17, 15) is 19.3 Å². The maximum Gasteiger partial charge on any atom is 0.351 e. The van der Waals surface area contributed by atoms with Crippen molar-refractivity contribution in [1.29, 1.82) is 0 Å². The van der Waals surface area contributed by atoms with Gasteiger partial charge < -0.3 is 38.6 Å². The van der Waals surface area contributed by atoms with Crippen molar-refractivity contribution >= 4 is 24.3 Å². The van der Waals surface area contributed by atoms with Gasteiger partial charge in [-0.05, 0) is 25.7 Å². The predicted octanol–water partition coefficient (Wildman–Crippen LogP) is -0.0265. The van der Waals surface area contributed by atoms with E-state index in [1.165, 1.54) is 35.7 Å². The zero-order valence-corrected chi connectivity index (χ0v) is 25.6. The van der Waals surface area contributed by atoms with Crippen LogP contribution in [0.5, 0.6) is 0 Å². The van der Waals surface area contributed by atoms with Crippen LogP contribution in [0.15, 0.2) is 26.8 Å². The highest BCUT2D eigenvalue weighted by atomic mass is 32.5.